The second-order valence-electron chi connectivity index (χ2n) is 8.38. The molecule has 0 spiro atoms. The van der Waals surface area contributed by atoms with Gasteiger partial charge in [-0.1, -0.05) is 0 Å². The number of carbonyl (C=O) groups excluding carboxylic acids is 1. The second kappa shape index (κ2) is 8.89. The van der Waals surface area contributed by atoms with Crippen molar-refractivity contribution in [3.8, 4) is 16.5 Å². The average molecular weight is 501 g/mol. The van der Waals surface area contributed by atoms with Gasteiger partial charge >= 0.3 is 5.69 Å². The number of hydrogen-bond donors (Lipinski definition) is 4. The minimum absolute atomic E-state index is 0.169. The molecule has 5 heterocycles. The number of nitrogens with zero attached hydrogens (tertiary/aromatic N) is 5. The fourth-order valence-corrected chi connectivity index (χ4v) is 4.57. The summed E-state index contributed by atoms with van der Waals surface area (Å²) in [7, 11) is 0. The highest BCUT2D eigenvalue weighted by Gasteiger charge is 2.21. The quantitative estimate of drug-likeness (QED) is 0.274. The van der Waals surface area contributed by atoms with Crippen molar-refractivity contribution >= 4 is 29.0 Å². The van der Waals surface area contributed by atoms with Gasteiger partial charge in [0.15, 0.2) is 11.1 Å². The zero-order chi connectivity index (χ0) is 24.6. The maximum Gasteiger partial charge on any atom is 0.326 e. The Hall–Kier alpha value is -4.58. The number of hydrogen-bond acceptors (Lipinski definition) is 8. The number of aromatic amines is 2. The first-order valence-corrected chi connectivity index (χ1v) is 12.1. The number of carbonyl (C=O) groups is 1. The summed E-state index contributed by atoms with van der Waals surface area (Å²) >= 11 is 1.34. The van der Waals surface area contributed by atoms with Gasteiger partial charge in [-0.3, -0.25) is 19.8 Å². The molecule has 5 aromatic rings. The highest BCUT2D eigenvalue weighted by molar-refractivity contribution is 7.17. The van der Waals surface area contributed by atoms with Gasteiger partial charge in [-0.2, -0.15) is 9.61 Å². The lowest BCUT2D eigenvalue weighted by Gasteiger charge is -2.03. The fraction of sp³-hybridized carbons (Fsp3) is 0.167. The van der Waals surface area contributed by atoms with Gasteiger partial charge in [0.25, 0.3) is 5.91 Å². The van der Waals surface area contributed by atoms with E-state index in [1.54, 1.807) is 35.2 Å². The Morgan fingerprint density at radius 1 is 1.25 bits per heavy atom. The molecule has 1 saturated carbocycles. The number of imidazole rings is 1. The maximum atomic E-state index is 12.7. The molecule has 180 valence electrons. The molecule has 11 nitrogen and oxygen atoms in total. The Bertz CT molecular complexity index is 1760. The van der Waals surface area contributed by atoms with Crippen LogP contribution in [0.1, 0.15) is 33.8 Å². The van der Waals surface area contributed by atoms with Crippen LogP contribution in [0.4, 0.5) is 0 Å². The van der Waals surface area contributed by atoms with Gasteiger partial charge in [-0.15, -0.1) is 11.3 Å². The minimum Gasteiger partial charge on any atom is -0.493 e. The number of rotatable bonds is 6. The molecule has 5 aromatic heterocycles. The predicted octanol–water partition coefficient (Wildman–Crippen LogP) is 1.12. The normalized spacial score (nSPS) is 14.6. The molecule has 1 fully saturated rings. The molecule has 1 aliphatic rings. The van der Waals surface area contributed by atoms with Gasteiger partial charge in [-0.05, 0) is 48.7 Å². The summed E-state index contributed by atoms with van der Waals surface area (Å²) < 4.78 is 1.64. The predicted molar refractivity (Wildman–Crippen MR) is 132 cm³/mol. The zero-order valence-electron chi connectivity index (χ0n) is 18.8. The Balaban J connectivity index is 1.38. The molecule has 0 unspecified atom stereocenters. The van der Waals surface area contributed by atoms with Crippen molar-refractivity contribution in [2.24, 2.45) is 4.99 Å². The molecule has 1 amide bonds. The summed E-state index contributed by atoms with van der Waals surface area (Å²) in [6.45, 7) is 0.409. The lowest BCUT2D eigenvalue weighted by atomic mass is 10.2. The first kappa shape index (κ1) is 21.9. The number of thiophene rings is 1. The minimum atomic E-state index is -0.512. The molecule has 0 radical (unpaired) electrons. The van der Waals surface area contributed by atoms with Crippen LogP contribution >= 0.6 is 11.3 Å². The fourth-order valence-electron chi connectivity index (χ4n) is 3.69. The number of pyridine rings is 1. The Labute approximate surface area is 206 Å². The molecule has 36 heavy (non-hydrogen) atoms. The van der Waals surface area contributed by atoms with E-state index in [1.165, 1.54) is 11.3 Å². The molecular formula is C24H20N8O3S. The molecule has 0 aromatic carbocycles. The van der Waals surface area contributed by atoms with Gasteiger partial charge in [0.2, 0.25) is 5.88 Å². The van der Waals surface area contributed by atoms with Gasteiger partial charge in [0.1, 0.15) is 5.69 Å². The molecule has 12 heteroatoms. The van der Waals surface area contributed by atoms with E-state index < -0.39 is 5.69 Å². The number of H-pyrrole nitrogens is 2. The third-order valence-electron chi connectivity index (χ3n) is 5.66. The maximum absolute atomic E-state index is 12.7. The van der Waals surface area contributed by atoms with Crippen LogP contribution in [0.3, 0.4) is 0 Å². The highest BCUT2D eigenvalue weighted by atomic mass is 32.1. The lowest BCUT2D eigenvalue weighted by molar-refractivity contribution is 0.0955. The molecule has 4 N–H and O–H groups in total. The molecular weight excluding hydrogens is 480 g/mol. The molecule has 6 rings (SSSR count). The summed E-state index contributed by atoms with van der Waals surface area (Å²) in [5.41, 5.74) is 2.51. The third kappa shape index (κ3) is 4.41. The molecule has 0 atom stereocenters. The van der Waals surface area contributed by atoms with Crippen LogP contribution in [0.2, 0.25) is 0 Å². The number of nitrogens with one attached hydrogen (secondary N) is 3. The Kier molecular flexibility index (Phi) is 5.41. The summed E-state index contributed by atoms with van der Waals surface area (Å²) in [5.74, 6) is -0.434. The van der Waals surface area contributed by atoms with Crippen LogP contribution in [0, 0.1) is 0 Å². The molecule has 1 aliphatic carbocycles. The molecule has 0 bridgehead atoms. The lowest BCUT2D eigenvalue weighted by Crippen LogP contribution is -2.21. The Morgan fingerprint density at radius 2 is 2.08 bits per heavy atom. The molecule has 0 saturated heterocycles. The summed E-state index contributed by atoms with van der Waals surface area (Å²) in [5, 5.41) is 17.9. The van der Waals surface area contributed by atoms with E-state index in [-0.39, 0.29) is 23.5 Å². The van der Waals surface area contributed by atoms with Crippen molar-refractivity contribution in [2.75, 3.05) is 0 Å². The third-order valence-corrected chi connectivity index (χ3v) is 6.77. The van der Waals surface area contributed by atoms with E-state index in [0.717, 1.165) is 23.3 Å². The average Bonchev–Trinajstić information content (AvgIpc) is 3.25. The van der Waals surface area contributed by atoms with Gasteiger partial charge in [-0.25, -0.2) is 9.78 Å². The van der Waals surface area contributed by atoms with E-state index in [2.05, 4.69) is 25.4 Å². The SMILES string of the molecule is O=C(NCc1ccncc1)c1ccc(-c2cc(=NC3CC3)n3nc/c(=C\c4[nH]c(=O)[nH]c4O)c3n2)s1. The summed E-state index contributed by atoms with van der Waals surface area (Å²) in [6, 6.07) is 9.46. The van der Waals surface area contributed by atoms with Gasteiger partial charge in [0.05, 0.1) is 27.7 Å². The van der Waals surface area contributed by atoms with Gasteiger partial charge < -0.3 is 15.4 Å². The van der Waals surface area contributed by atoms with E-state index in [4.69, 9.17) is 9.98 Å². The second-order valence-corrected chi connectivity index (χ2v) is 9.47. The van der Waals surface area contributed by atoms with Crippen molar-refractivity contribution in [1.82, 2.24) is 34.9 Å². The van der Waals surface area contributed by atoms with Crippen molar-refractivity contribution in [1.29, 1.82) is 0 Å². The molecule has 0 aliphatic heterocycles. The van der Waals surface area contributed by atoms with Crippen LogP contribution < -0.4 is 21.7 Å². The van der Waals surface area contributed by atoms with Gasteiger partial charge in [0, 0.05) is 30.2 Å². The van der Waals surface area contributed by atoms with Crippen molar-refractivity contribution in [2.45, 2.75) is 25.4 Å². The van der Waals surface area contributed by atoms with E-state index in [9.17, 15) is 14.7 Å². The van der Waals surface area contributed by atoms with E-state index >= 15 is 0 Å². The van der Waals surface area contributed by atoms with Crippen LogP contribution in [0.15, 0.2) is 58.7 Å². The summed E-state index contributed by atoms with van der Waals surface area (Å²) in [4.78, 5) is 44.0. The Morgan fingerprint density at radius 3 is 2.83 bits per heavy atom. The summed E-state index contributed by atoms with van der Waals surface area (Å²) in [6.07, 6.45) is 8.63. The highest BCUT2D eigenvalue weighted by Crippen LogP contribution is 2.27. The first-order chi connectivity index (χ1) is 17.5. The number of fused-ring (bicyclic) bond motifs is 1. The number of aromatic nitrogens is 6. The van der Waals surface area contributed by atoms with Crippen molar-refractivity contribution < 1.29 is 9.90 Å². The zero-order valence-corrected chi connectivity index (χ0v) is 19.6. The standard InChI is InChI=1S/C24H20N8O3S/c33-22-17(30-24(35)31-22)9-14-12-27-32-20(28-15-1-2-15)10-16(29-21(14)32)18-3-4-19(36-18)23(34)26-11-13-5-7-25-8-6-13/h3-10,12,15,33H,1-2,11H2,(H,26,34)(H2,30,31,35)/b14-9+,28-20?. The van der Waals surface area contributed by atoms with E-state index in [0.29, 0.717) is 33.5 Å². The van der Waals surface area contributed by atoms with Crippen LogP contribution in [0.25, 0.3) is 22.3 Å². The van der Waals surface area contributed by atoms with Crippen molar-refractivity contribution in [3.63, 3.8) is 0 Å². The van der Waals surface area contributed by atoms with Crippen molar-refractivity contribution in [3.05, 3.63) is 86.2 Å². The first-order valence-electron chi connectivity index (χ1n) is 11.3. The van der Waals surface area contributed by atoms with Crippen LogP contribution in [-0.4, -0.2) is 46.6 Å². The topological polar surface area (TPSA) is 153 Å². The number of aromatic hydroxyl groups is 1. The largest absolute Gasteiger partial charge is 0.493 e. The van der Waals surface area contributed by atoms with Crippen LogP contribution in [0.5, 0.6) is 5.88 Å². The smallest absolute Gasteiger partial charge is 0.326 e. The van der Waals surface area contributed by atoms with E-state index in [1.807, 2.05) is 24.3 Å². The number of amides is 1. The van der Waals surface area contributed by atoms with Crippen LogP contribution in [-0.2, 0) is 6.54 Å². The monoisotopic (exact) mass is 500 g/mol.